The number of para-hydroxylation sites is 1. The molecule has 10 nitrogen and oxygen atoms in total. The summed E-state index contributed by atoms with van der Waals surface area (Å²) in [4.78, 5) is 45.1. The number of hydrogen-bond acceptors (Lipinski definition) is 12. The van der Waals surface area contributed by atoms with Crippen molar-refractivity contribution >= 4 is 182 Å². The zero-order valence-electron chi connectivity index (χ0n) is 69.1. The molecule has 0 N–H and O–H groups in total. The van der Waals surface area contributed by atoms with Crippen LogP contribution in [-0.2, 0) is 0 Å². The Balaban J connectivity index is 0.000000105. The van der Waals surface area contributed by atoms with Gasteiger partial charge >= 0.3 is 0 Å². The first-order chi connectivity index (χ1) is 63.9. The number of fused-ring (bicyclic) bond motifs is 24. The average Bonchev–Trinajstić information content (AvgIpc) is 1.67. The van der Waals surface area contributed by atoms with Gasteiger partial charge in [-0.05, 0) is 164 Å². The normalized spacial score (nSPS) is 11.7. The van der Waals surface area contributed by atoms with Crippen LogP contribution in [0.5, 0.6) is 0 Å². The van der Waals surface area contributed by atoms with Crippen LogP contribution in [-0.4, -0.2) is 44.9 Å². The summed E-state index contributed by atoms with van der Waals surface area (Å²) in [5, 5.41) is 29.3. The van der Waals surface area contributed by atoms with Crippen molar-refractivity contribution in [1.29, 1.82) is 0 Å². The van der Waals surface area contributed by atoms with Crippen LogP contribution in [0.15, 0.2) is 423 Å². The molecule has 0 bridgehead atoms. The average molecular weight is 1680 g/mol. The first kappa shape index (κ1) is 74.8. The second kappa shape index (κ2) is 31.2. The number of benzene rings is 21. The van der Waals surface area contributed by atoms with Crippen LogP contribution in [0, 0.1) is 0 Å². The number of aromatic nitrogens is 9. The molecule has 0 aliphatic heterocycles. The van der Waals surface area contributed by atoms with Crippen molar-refractivity contribution in [2.45, 2.75) is 0 Å². The Morgan fingerprint density at radius 1 is 0.147 bits per heavy atom. The van der Waals surface area contributed by atoms with Gasteiger partial charge in [0.25, 0.3) is 0 Å². The van der Waals surface area contributed by atoms with Gasteiger partial charge in [-0.25, -0.2) is 44.9 Å². The fourth-order valence-electron chi connectivity index (χ4n) is 18.6. The number of furan rings is 1. The van der Waals surface area contributed by atoms with Crippen LogP contribution in [0.2, 0.25) is 0 Å². The third kappa shape index (κ3) is 13.4. The van der Waals surface area contributed by atoms with Crippen molar-refractivity contribution in [3.63, 3.8) is 0 Å². The van der Waals surface area contributed by atoms with Gasteiger partial charge in [0.2, 0.25) is 0 Å². The molecular formula is C117H69N9OS2. The number of nitrogens with zero attached hydrogens (tertiary/aromatic N) is 9. The van der Waals surface area contributed by atoms with Crippen LogP contribution < -0.4 is 0 Å². The van der Waals surface area contributed by atoms with E-state index < -0.39 is 0 Å². The van der Waals surface area contributed by atoms with Crippen LogP contribution in [0.1, 0.15) is 0 Å². The lowest BCUT2D eigenvalue weighted by Crippen LogP contribution is -2.00. The monoisotopic (exact) mass is 1680 g/mol. The molecule has 21 aromatic carbocycles. The third-order valence-corrected chi connectivity index (χ3v) is 27.2. The van der Waals surface area contributed by atoms with Gasteiger partial charge in [0.1, 0.15) is 11.2 Å². The van der Waals surface area contributed by atoms with E-state index in [-0.39, 0.29) is 0 Å². The molecule has 6 heterocycles. The lowest BCUT2D eigenvalue weighted by molar-refractivity contribution is 0.669. The summed E-state index contributed by atoms with van der Waals surface area (Å²) in [5.74, 6) is 5.90. The van der Waals surface area contributed by atoms with Gasteiger partial charge < -0.3 is 4.42 Å². The van der Waals surface area contributed by atoms with Crippen molar-refractivity contribution in [3.8, 4) is 102 Å². The Bertz CT molecular complexity index is 9230. The molecule has 0 saturated heterocycles. The summed E-state index contributed by atoms with van der Waals surface area (Å²) in [6.45, 7) is 0. The second-order valence-corrected chi connectivity index (χ2v) is 34.7. The largest absolute Gasteiger partial charge is 0.456 e. The van der Waals surface area contributed by atoms with Crippen LogP contribution in [0.3, 0.4) is 0 Å². The fraction of sp³-hybridized carbons (Fsp3) is 0. The maximum absolute atomic E-state index is 6.18. The molecule has 0 aliphatic rings. The Hall–Kier alpha value is -16.8. The van der Waals surface area contributed by atoms with Crippen LogP contribution in [0.25, 0.3) is 262 Å². The topological polar surface area (TPSA) is 129 Å². The molecule has 129 heavy (non-hydrogen) atoms. The minimum atomic E-state index is 0.617. The zero-order valence-corrected chi connectivity index (χ0v) is 70.7. The molecule has 0 amide bonds. The second-order valence-electron chi connectivity index (χ2n) is 32.6. The maximum atomic E-state index is 6.18. The highest BCUT2D eigenvalue weighted by Gasteiger charge is 2.23. The lowest BCUT2D eigenvalue weighted by atomic mass is 9.96. The number of thiophene rings is 2. The molecule has 27 aromatic rings. The molecule has 0 spiro atoms. The van der Waals surface area contributed by atoms with Gasteiger partial charge in [-0.3, -0.25) is 0 Å². The van der Waals surface area contributed by atoms with Crippen LogP contribution in [0.4, 0.5) is 0 Å². The van der Waals surface area contributed by atoms with E-state index in [9.17, 15) is 0 Å². The van der Waals surface area contributed by atoms with E-state index >= 15 is 0 Å². The Morgan fingerprint density at radius 3 is 0.860 bits per heavy atom. The standard InChI is InChI=1S/C39H23N3O.2C39H23N3S/c1-2-10-25(11-3-1)37-40-38(42-39(41-37)33-14-8-16-35-36(33)32-13-6-7-15-34(32)43-35)27-19-20-29-26(23-27)18-22-30-28-12-5-4-9-24(28)17-21-31(29)30;1-2-9-25(10-3-1)37-40-38(42-39(41-37)28-17-21-36-34(23-28)33-12-6-7-13-35(33)43-36)27-16-18-30-26(22-27)15-20-31-29-11-5-4-8-24(29)14-19-32(30)31;1-2-9-25(10-3-1)37-40-38(42-39(41-37)28-17-21-34-33-12-6-7-13-35(33)43-36(34)23-28)27-16-18-30-26(22-27)15-20-31-29-11-5-4-8-24(29)14-19-32(30)31/h3*1-23H. The summed E-state index contributed by atoms with van der Waals surface area (Å²) >= 11 is 3.62. The molecule has 27 rings (SSSR count). The van der Waals surface area contributed by atoms with Crippen molar-refractivity contribution in [2.75, 3.05) is 0 Å². The van der Waals surface area contributed by atoms with E-state index in [1.54, 1.807) is 11.3 Å². The zero-order chi connectivity index (χ0) is 85.0. The van der Waals surface area contributed by atoms with Gasteiger partial charge in [-0.1, -0.05) is 352 Å². The Kier molecular flexibility index (Phi) is 18.1. The van der Waals surface area contributed by atoms with E-state index in [2.05, 4.69) is 322 Å². The SMILES string of the molecule is c1ccc(-c2nc(-c3ccc4c(ccc5c6ccccc6ccc45)c3)nc(-c3ccc4c(c3)sc3ccccc34)n2)cc1.c1ccc(-c2nc(-c3ccc4c(ccc5c6ccccc6ccc45)c3)nc(-c3ccc4sc5ccccc5c4c3)n2)cc1.c1ccc(-c2nc(-c3ccc4c(ccc5c6ccccc6ccc45)c3)nc(-c3cccc4oc5ccccc5c34)n2)cc1. The predicted octanol–water partition coefficient (Wildman–Crippen LogP) is 31.6. The quantitative estimate of drug-likeness (QED) is 0.129. The summed E-state index contributed by atoms with van der Waals surface area (Å²) in [5.41, 5.74) is 10.3. The first-order valence-electron chi connectivity index (χ1n) is 43.1. The molecule has 0 unspecified atom stereocenters. The van der Waals surface area contributed by atoms with Crippen molar-refractivity contribution in [1.82, 2.24) is 44.9 Å². The fourth-order valence-corrected chi connectivity index (χ4v) is 20.9. The van der Waals surface area contributed by atoms with Gasteiger partial charge in [0, 0.05) is 101 Å². The van der Waals surface area contributed by atoms with Gasteiger partial charge in [-0.2, -0.15) is 0 Å². The van der Waals surface area contributed by atoms with Gasteiger partial charge in [0.15, 0.2) is 52.4 Å². The van der Waals surface area contributed by atoms with Crippen molar-refractivity contribution in [3.05, 3.63) is 419 Å². The third-order valence-electron chi connectivity index (χ3n) is 24.9. The lowest BCUT2D eigenvalue weighted by Gasteiger charge is -2.11. The van der Waals surface area contributed by atoms with Gasteiger partial charge in [0.05, 0.1) is 0 Å². The molecule has 0 radical (unpaired) electrons. The highest BCUT2D eigenvalue weighted by Crippen LogP contribution is 2.44. The highest BCUT2D eigenvalue weighted by molar-refractivity contribution is 7.26. The molecule has 600 valence electrons. The number of rotatable bonds is 9. The van der Waals surface area contributed by atoms with Crippen LogP contribution >= 0.6 is 22.7 Å². The predicted molar refractivity (Wildman–Crippen MR) is 539 cm³/mol. The molecule has 12 heteroatoms. The van der Waals surface area contributed by atoms with E-state index in [1.165, 1.54) is 121 Å². The minimum absolute atomic E-state index is 0.617. The maximum Gasteiger partial charge on any atom is 0.164 e. The summed E-state index contributed by atoms with van der Waals surface area (Å²) in [6.07, 6.45) is 0. The first-order valence-corrected chi connectivity index (χ1v) is 44.7. The van der Waals surface area contributed by atoms with E-state index in [1.807, 2.05) is 108 Å². The summed E-state index contributed by atoms with van der Waals surface area (Å²) < 4.78 is 11.2. The van der Waals surface area contributed by atoms with Crippen molar-refractivity contribution in [2.24, 2.45) is 0 Å². The molecule has 6 aromatic heterocycles. The molecule has 0 fully saturated rings. The van der Waals surface area contributed by atoms with Crippen molar-refractivity contribution < 1.29 is 4.42 Å². The minimum Gasteiger partial charge on any atom is -0.456 e. The molecule has 0 aliphatic carbocycles. The Morgan fingerprint density at radius 2 is 0.426 bits per heavy atom. The van der Waals surface area contributed by atoms with E-state index in [0.717, 1.165) is 88.2 Å². The van der Waals surface area contributed by atoms with Gasteiger partial charge in [-0.15, -0.1) is 22.7 Å². The molecule has 0 atom stereocenters. The molecular weight excluding hydrogens is 1610 g/mol. The summed E-state index contributed by atoms with van der Waals surface area (Å²) in [7, 11) is 0. The van der Waals surface area contributed by atoms with E-state index in [0.29, 0.717) is 52.4 Å². The highest BCUT2D eigenvalue weighted by atomic mass is 32.1. The van der Waals surface area contributed by atoms with E-state index in [4.69, 9.17) is 49.3 Å². The Labute approximate surface area is 746 Å². The molecule has 0 saturated carbocycles. The summed E-state index contributed by atoms with van der Waals surface area (Å²) in [6, 6.07) is 147. The number of hydrogen-bond donors (Lipinski definition) is 0. The smallest absolute Gasteiger partial charge is 0.164 e.